The van der Waals surface area contributed by atoms with Crippen molar-refractivity contribution in [1.29, 1.82) is 0 Å². The molecule has 0 aromatic heterocycles. The fraction of sp³-hybridized carbons (Fsp3) is 0.727. The Bertz CT molecular complexity index is 245. The molecule has 1 atom stereocenters. The number of aliphatic hydroxyl groups is 1. The molecule has 0 aliphatic carbocycles. The monoisotopic (exact) mass is 244 g/mol. The molecule has 0 saturated carbocycles. The molecule has 0 aromatic rings. The third kappa shape index (κ3) is 8.64. The number of nitrogens with two attached hydrogens (primary N) is 1. The molecule has 16 heavy (non-hydrogen) atoms. The van der Waals surface area contributed by atoms with Crippen LogP contribution in [0.3, 0.4) is 0 Å². The van der Waals surface area contributed by atoms with Gasteiger partial charge >= 0.3 is 0 Å². The van der Waals surface area contributed by atoms with E-state index in [0.29, 0.717) is 12.3 Å². The Labute approximate surface area is 99.2 Å². The molecule has 0 aromatic carbocycles. The number of hydrogen-bond donors (Lipinski definition) is 2. The van der Waals surface area contributed by atoms with Gasteiger partial charge in [-0.3, -0.25) is 4.99 Å². The van der Waals surface area contributed by atoms with Crippen LogP contribution >= 0.6 is 0 Å². The predicted molar refractivity (Wildman–Crippen MR) is 71.4 cm³/mol. The molecule has 0 radical (unpaired) electrons. The highest BCUT2D eigenvalue weighted by Gasteiger charge is 2.11. The standard InChI is InChI=1S/C11H24N2O2Si/c1-10(14)11(7-12)8-13-9-15-5-6-16(2,3)4/h7-8,10,14H,5-6,9,12H2,1-4H3/b11-7+,13-8+. The highest BCUT2D eigenvalue weighted by Crippen LogP contribution is 2.07. The molecule has 3 N–H and O–H groups in total. The molecule has 1 unspecified atom stereocenters. The van der Waals surface area contributed by atoms with Gasteiger partial charge in [0.1, 0.15) is 6.73 Å². The summed E-state index contributed by atoms with van der Waals surface area (Å²) in [6, 6.07) is 1.14. The molecule has 4 nitrogen and oxygen atoms in total. The van der Waals surface area contributed by atoms with Crippen LogP contribution in [0, 0.1) is 0 Å². The molecule has 0 amide bonds. The Kier molecular flexibility index (Phi) is 7.28. The minimum absolute atomic E-state index is 0.328. The molecule has 0 aliphatic rings. The summed E-state index contributed by atoms with van der Waals surface area (Å²) in [6.45, 7) is 9.65. The lowest BCUT2D eigenvalue weighted by Gasteiger charge is -2.14. The molecule has 0 bridgehead atoms. The summed E-state index contributed by atoms with van der Waals surface area (Å²) in [7, 11) is -1.01. The molecule has 5 heteroatoms. The molecule has 0 rings (SSSR count). The maximum absolute atomic E-state index is 9.25. The number of rotatable bonds is 7. The Hall–Kier alpha value is -0.653. The average molecular weight is 244 g/mol. The SMILES string of the molecule is CC(O)C(/C=N/COCC[Si](C)(C)C)=C/N. The van der Waals surface area contributed by atoms with E-state index in [9.17, 15) is 5.11 Å². The Morgan fingerprint density at radius 3 is 2.56 bits per heavy atom. The topological polar surface area (TPSA) is 67.8 Å². The summed E-state index contributed by atoms with van der Waals surface area (Å²) in [5, 5.41) is 9.25. The second kappa shape index (κ2) is 7.59. The van der Waals surface area contributed by atoms with Crippen molar-refractivity contribution in [1.82, 2.24) is 0 Å². The minimum Gasteiger partial charge on any atom is -0.404 e. The second-order valence-electron chi connectivity index (χ2n) is 5.00. The molecule has 0 spiro atoms. The summed E-state index contributed by atoms with van der Waals surface area (Å²) >= 11 is 0. The number of aliphatic hydroxyl groups excluding tert-OH is 1. The van der Waals surface area contributed by atoms with E-state index < -0.39 is 14.2 Å². The van der Waals surface area contributed by atoms with Crippen LogP contribution in [0.1, 0.15) is 6.92 Å². The van der Waals surface area contributed by atoms with Gasteiger partial charge in [-0.15, -0.1) is 0 Å². The van der Waals surface area contributed by atoms with Crippen LogP contribution in [0.5, 0.6) is 0 Å². The molecular formula is C11H24N2O2Si. The number of nitrogens with zero attached hydrogens (tertiary/aromatic N) is 1. The van der Waals surface area contributed by atoms with E-state index in [1.807, 2.05) is 0 Å². The summed E-state index contributed by atoms with van der Waals surface area (Å²) in [6.07, 6.45) is 2.32. The van der Waals surface area contributed by atoms with Gasteiger partial charge in [0, 0.05) is 32.7 Å². The molecule has 0 heterocycles. The van der Waals surface area contributed by atoms with E-state index in [1.165, 1.54) is 6.20 Å². The predicted octanol–water partition coefficient (Wildman–Crippen LogP) is 1.59. The van der Waals surface area contributed by atoms with Crippen LogP contribution in [-0.2, 0) is 4.74 Å². The first-order valence-electron chi connectivity index (χ1n) is 5.54. The Morgan fingerprint density at radius 1 is 1.50 bits per heavy atom. The third-order valence-corrected chi connectivity index (χ3v) is 3.78. The highest BCUT2D eigenvalue weighted by molar-refractivity contribution is 6.76. The first-order valence-corrected chi connectivity index (χ1v) is 9.25. The van der Waals surface area contributed by atoms with E-state index in [2.05, 4.69) is 24.6 Å². The zero-order valence-electron chi connectivity index (χ0n) is 10.7. The average Bonchev–Trinajstić information content (AvgIpc) is 2.14. The van der Waals surface area contributed by atoms with Gasteiger partial charge in [0.15, 0.2) is 0 Å². The van der Waals surface area contributed by atoms with Gasteiger partial charge in [0.25, 0.3) is 0 Å². The van der Waals surface area contributed by atoms with Crippen molar-refractivity contribution in [2.75, 3.05) is 13.3 Å². The largest absolute Gasteiger partial charge is 0.404 e. The van der Waals surface area contributed by atoms with Crippen LogP contribution < -0.4 is 5.73 Å². The van der Waals surface area contributed by atoms with Crippen LogP contribution in [-0.4, -0.2) is 38.8 Å². The maximum Gasteiger partial charge on any atom is 0.137 e. The van der Waals surface area contributed by atoms with Crippen molar-refractivity contribution >= 4 is 14.3 Å². The molecule has 94 valence electrons. The number of aliphatic imine (C=N–C) groups is 1. The normalized spacial score (nSPS) is 15.7. The smallest absolute Gasteiger partial charge is 0.137 e. The quantitative estimate of drug-likeness (QED) is 0.406. The fourth-order valence-corrected chi connectivity index (χ4v) is 1.69. The molecule has 0 fully saturated rings. The van der Waals surface area contributed by atoms with Crippen molar-refractivity contribution < 1.29 is 9.84 Å². The van der Waals surface area contributed by atoms with E-state index in [0.717, 1.165) is 12.7 Å². The minimum atomic E-state index is -1.01. The van der Waals surface area contributed by atoms with Gasteiger partial charge in [-0.1, -0.05) is 19.6 Å². The first-order chi connectivity index (χ1) is 7.37. The maximum atomic E-state index is 9.25. The lowest BCUT2D eigenvalue weighted by atomic mass is 10.2. The number of hydrogen-bond acceptors (Lipinski definition) is 4. The summed E-state index contributed by atoms with van der Waals surface area (Å²) < 4.78 is 5.37. The van der Waals surface area contributed by atoms with Gasteiger partial charge in [0.2, 0.25) is 0 Å². The Morgan fingerprint density at radius 2 is 2.12 bits per heavy atom. The molecular weight excluding hydrogens is 220 g/mol. The third-order valence-electron chi connectivity index (χ3n) is 2.08. The van der Waals surface area contributed by atoms with Crippen molar-refractivity contribution in [2.45, 2.75) is 38.7 Å². The summed E-state index contributed by atoms with van der Waals surface area (Å²) in [5.74, 6) is 0. The van der Waals surface area contributed by atoms with Crippen LogP contribution in [0.15, 0.2) is 16.8 Å². The lowest BCUT2D eigenvalue weighted by molar-refractivity contribution is 0.155. The van der Waals surface area contributed by atoms with Crippen molar-refractivity contribution in [3.63, 3.8) is 0 Å². The summed E-state index contributed by atoms with van der Waals surface area (Å²) in [4.78, 5) is 4.04. The van der Waals surface area contributed by atoms with Gasteiger partial charge in [-0.2, -0.15) is 0 Å². The lowest BCUT2D eigenvalue weighted by Crippen LogP contribution is -2.21. The van der Waals surface area contributed by atoms with E-state index >= 15 is 0 Å². The second-order valence-corrected chi connectivity index (χ2v) is 10.6. The van der Waals surface area contributed by atoms with Crippen molar-refractivity contribution in [3.05, 3.63) is 11.8 Å². The van der Waals surface area contributed by atoms with E-state index in [-0.39, 0.29) is 0 Å². The van der Waals surface area contributed by atoms with Crippen molar-refractivity contribution in [2.24, 2.45) is 10.7 Å². The van der Waals surface area contributed by atoms with Crippen molar-refractivity contribution in [3.8, 4) is 0 Å². The fourth-order valence-electron chi connectivity index (χ4n) is 0.928. The van der Waals surface area contributed by atoms with E-state index in [1.54, 1.807) is 13.1 Å². The Balaban J connectivity index is 3.70. The molecule has 0 saturated heterocycles. The zero-order valence-corrected chi connectivity index (χ0v) is 11.7. The zero-order chi connectivity index (χ0) is 12.6. The number of ether oxygens (including phenoxy) is 1. The first kappa shape index (κ1) is 15.3. The molecule has 0 aliphatic heterocycles. The van der Waals surface area contributed by atoms with Crippen LogP contribution in [0.4, 0.5) is 0 Å². The van der Waals surface area contributed by atoms with Crippen LogP contribution in [0.25, 0.3) is 0 Å². The van der Waals surface area contributed by atoms with Gasteiger partial charge in [-0.05, 0) is 13.0 Å². The summed E-state index contributed by atoms with van der Waals surface area (Å²) in [5.41, 5.74) is 5.93. The van der Waals surface area contributed by atoms with Gasteiger partial charge < -0.3 is 15.6 Å². The van der Waals surface area contributed by atoms with Crippen LogP contribution in [0.2, 0.25) is 25.7 Å². The van der Waals surface area contributed by atoms with Gasteiger partial charge in [-0.25, -0.2) is 0 Å². The van der Waals surface area contributed by atoms with Gasteiger partial charge in [0.05, 0.1) is 6.10 Å². The highest BCUT2D eigenvalue weighted by atomic mass is 28.3. The van der Waals surface area contributed by atoms with E-state index in [4.69, 9.17) is 10.5 Å².